The number of aliphatic hydroxyl groups excluding tert-OH is 1. The molecule has 3 aliphatic heterocycles. The van der Waals surface area contributed by atoms with Crippen LogP contribution in [-0.2, 0) is 19.1 Å². The first-order valence-corrected chi connectivity index (χ1v) is 15.7. The first-order chi connectivity index (χ1) is 19.9. The molecule has 1 aromatic rings. The van der Waals surface area contributed by atoms with Gasteiger partial charge < -0.3 is 29.3 Å². The minimum absolute atomic E-state index is 0.230. The predicted molar refractivity (Wildman–Crippen MR) is 166 cm³/mol. The van der Waals surface area contributed by atoms with Crippen molar-refractivity contribution < 1.29 is 29.0 Å². The monoisotopic (exact) mass is 645 g/mol. The van der Waals surface area contributed by atoms with Crippen LogP contribution in [0.1, 0.15) is 47.5 Å². The SMILES string of the molecule is C=CCN(C(=O)[C@H]1[C@H]2C(=O)N([C@@H](CC)CO)C(C(=O)N(CC=C)C(C)(C)C)C23CC(Br)[C@@H]1O3)c1ccc(OCC)cc1. The van der Waals surface area contributed by atoms with Crippen molar-refractivity contribution in [3.63, 3.8) is 0 Å². The van der Waals surface area contributed by atoms with E-state index < -0.39 is 41.2 Å². The highest BCUT2D eigenvalue weighted by atomic mass is 79.9. The molecular formula is C32H44BrN3O6. The Labute approximate surface area is 257 Å². The molecule has 230 valence electrons. The number of aliphatic hydroxyl groups is 1. The minimum Gasteiger partial charge on any atom is -0.494 e. The molecule has 3 amide bonds. The zero-order chi connectivity index (χ0) is 31.0. The lowest BCUT2D eigenvalue weighted by Gasteiger charge is -2.43. The number of nitrogens with zero attached hydrogens (tertiary/aromatic N) is 3. The lowest BCUT2D eigenvalue weighted by molar-refractivity contribution is -0.154. The third-order valence-corrected chi connectivity index (χ3v) is 9.59. The number of rotatable bonds is 12. The molecule has 0 radical (unpaired) electrons. The van der Waals surface area contributed by atoms with Crippen molar-refractivity contribution in [2.45, 2.75) is 81.6 Å². The van der Waals surface area contributed by atoms with E-state index in [9.17, 15) is 19.5 Å². The number of carbonyl (C=O) groups is 3. The lowest BCUT2D eigenvalue weighted by atomic mass is 9.70. The zero-order valence-electron chi connectivity index (χ0n) is 25.3. The van der Waals surface area contributed by atoms with E-state index in [2.05, 4.69) is 29.1 Å². The van der Waals surface area contributed by atoms with Crippen LogP contribution < -0.4 is 9.64 Å². The van der Waals surface area contributed by atoms with Gasteiger partial charge in [-0.3, -0.25) is 14.4 Å². The topological polar surface area (TPSA) is 99.6 Å². The maximum absolute atomic E-state index is 14.5. The molecule has 1 aromatic carbocycles. The standard InChI is InChI=1S/C32H44BrN3O6/c1-8-16-34(21-12-14-22(15-13-21)41-11-4)28(38)24-25-29(39)36(20(10-3)19-37)27(32(25)18-23(33)26(24)42-32)30(40)35(17-9-2)31(5,6)7/h8-9,12-15,20,23-27,37H,1-2,10-11,16-19H2,3-7H3/t20-,23?,24-,25-,26-,27?,32?/m0/s1. The number of hydrogen-bond acceptors (Lipinski definition) is 6. The van der Waals surface area contributed by atoms with Crippen molar-refractivity contribution in [1.82, 2.24) is 9.80 Å². The van der Waals surface area contributed by atoms with E-state index in [0.717, 1.165) is 0 Å². The van der Waals surface area contributed by atoms with Crippen molar-refractivity contribution in [3.05, 3.63) is 49.6 Å². The second kappa shape index (κ2) is 12.5. The van der Waals surface area contributed by atoms with Gasteiger partial charge in [-0.2, -0.15) is 0 Å². The largest absolute Gasteiger partial charge is 0.494 e. The minimum atomic E-state index is -1.22. The Balaban J connectivity index is 1.81. The van der Waals surface area contributed by atoms with Gasteiger partial charge in [0.2, 0.25) is 17.7 Å². The number of ether oxygens (including phenoxy) is 2. The van der Waals surface area contributed by atoms with Gasteiger partial charge in [0.15, 0.2) is 0 Å². The summed E-state index contributed by atoms with van der Waals surface area (Å²) in [5.74, 6) is -1.88. The summed E-state index contributed by atoms with van der Waals surface area (Å²) in [4.78, 5) is 48.0. The van der Waals surface area contributed by atoms with Crippen LogP contribution in [0, 0.1) is 11.8 Å². The fourth-order valence-corrected chi connectivity index (χ4v) is 7.87. The van der Waals surface area contributed by atoms with Crippen molar-refractivity contribution in [2.24, 2.45) is 11.8 Å². The second-order valence-corrected chi connectivity index (χ2v) is 13.4. The van der Waals surface area contributed by atoms with Crippen LogP contribution in [0.3, 0.4) is 0 Å². The number of likely N-dealkylation sites (tertiary alicyclic amines) is 1. The Bertz CT molecular complexity index is 1200. The van der Waals surface area contributed by atoms with Crippen molar-refractivity contribution in [3.8, 4) is 5.75 Å². The third kappa shape index (κ3) is 5.30. The van der Waals surface area contributed by atoms with E-state index >= 15 is 0 Å². The molecule has 0 aliphatic carbocycles. The van der Waals surface area contributed by atoms with Crippen LogP contribution in [0.25, 0.3) is 0 Å². The van der Waals surface area contributed by atoms with Crippen LogP contribution in [0.15, 0.2) is 49.6 Å². The van der Waals surface area contributed by atoms with E-state index in [1.807, 2.05) is 46.8 Å². The smallest absolute Gasteiger partial charge is 0.249 e. The Morgan fingerprint density at radius 1 is 1.19 bits per heavy atom. The van der Waals surface area contributed by atoms with Gasteiger partial charge in [-0.25, -0.2) is 0 Å². The first kappa shape index (κ1) is 32.2. The summed E-state index contributed by atoms with van der Waals surface area (Å²) >= 11 is 3.75. The van der Waals surface area contributed by atoms with Gasteiger partial charge in [0, 0.05) is 29.1 Å². The highest BCUT2D eigenvalue weighted by Gasteiger charge is 2.77. The molecule has 7 atom stereocenters. The number of anilines is 1. The van der Waals surface area contributed by atoms with Crippen LogP contribution in [-0.4, -0.2) is 93.1 Å². The molecule has 3 unspecified atom stereocenters. The summed E-state index contributed by atoms with van der Waals surface area (Å²) in [7, 11) is 0. The number of benzene rings is 1. The fourth-order valence-electron chi connectivity index (χ4n) is 6.93. The summed E-state index contributed by atoms with van der Waals surface area (Å²) in [6.45, 7) is 18.0. The molecule has 0 aromatic heterocycles. The normalized spacial score (nSPS) is 28.8. The molecule has 1 N–H and O–H groups in total. The number of halogens is 1. The molecule has 0 saturated carbocycles. The predicted octanol–water partition coefficient (Wildman–Crippen LogP) is 3.94. The Morgan fingerprint density at radius 2 is 1.83 bits per heavy atom. The van der Waals surface area contributed by atoms with Crippen molar-refractivity contribution >= 4 is 39.3 Å². The molecular weight excluding hydrogens is 602 g/mol. The molecule has 1 spiro atoms. The molecule has 10 heteroatoms. The van der Waals surface area contributed by atoms with Gasteiger partial charge in [0.25, 0.3) is 0 Å². The van der Waals surface area contributed by atoms with Crippen molar-refractivity contribution in [2.75, 3.05) is 31.2 Å². The van der Waals surface area contributed by atoms with Crippen LogP contribution >= 0.6 is 15.9 Å². The lowest BCUT2D eigenvalue weighted by Crippen LogP contribution is -2.61. The summed E-state index contributed by atoms with van der Waals surface area (Å²) in [5, 5.41) is 10.3. The molecule has 3 heterocycles. The quantitative estimate of drug-likeness (QED) is 0.273. The summed E-state index contributed by atoms with van der Waals surface area (Å²) in [6, 6.07) is 5.64. The fraction of sp³-hybridized carbons (Fsp3) is 0.594. The third-order valence-electron chi connectivity index (χ3n) is 8.75. The molecule has 2 bridgehead atoms. The highest BCUT2D eigenvalue weighted by Crippen LogP contribution is 2.61. The average Bonchev–Trinajstić information content (AvgIpc) is 3.54. The maximum atomic E-state index is 14.5. The van der Waals surface area contributed by atoms with Crippen LogP contribution in [0.4, 0.5) is 5.69 Å². The van der Waals surface area contributed by atoms with Crippen LogP contribution in [0.2, 0.25) is 0 Å². The van der Waals surface area contributed by atoms with E-state index in [-0.39, 0.29) is 42.2 Å². The summed E-state index contributed by atoms with van der Waals surface area (Å²) in [6.07, 6.45) is 3.55. The molecule has 3 aliphatic rings. The zero-order valence-corrected chi connectivity index (χ0v) is 26.9. The Hall–Kier alpha value is -2.69. The summed E-state index contributed by atoms with van der Waals surface area (Å²) in [5.41, 5.74) is -1.14. The number of fused-ring (bicyclic) bond motifs is 1. The highest BCUT2D eigenvalue weighted by molar-refractivity contribution is 9.09. The molecule has 3 fully saturated rings. The number of alkyl halides is 1. The number of hydrogen-bond donors (Lipinski definition) is 1. The van der Waals surface area contributed by atoms with Gasteiger partial charge in [-0.15, -0.1) is 13.2 Å². The van der Waals surface area contributed by atoms with Crippen molar-refractivity contribution in [1.29, 1.82) is 0 Å². The van der Waals surface area contributed by atoms with Gasteiger partial charge in [0.05, 0.1) is 37.2 Å². The summed E-state index contributed by atoms with van der Waals surface area (Å²) < 4.78 is 12.3. The van der Waals surface area contributed by atoms with Gasteiger partial charge >= 0.3 is 0 Å². The van der Waals surface area contributed by atoms with E-state index in [4.69, 9.17) is 9.47 Å². The molecule has 3 saturated heterocycles. The Morgan fingerprint density at radius 3 is 2.36 bits per heavy atom. The first-order valence-electron chi connectivity index (χ1n) is 14.7. The molecule has 42 heavy (non-hydrogen) atoms. The van der Waals surface area contributed by atoms with Crippen LogP contribution in [0.5, 0.6) is 5.75 Å². The number of carbonyl (C=O) groups excluding carboxylic acids is 3. The van der Waals surface area contributed by atoms with E-state index in [1.165, 1.54) is 4.90 Å². The van der Waals surface area contributed by atoms with Gasteiger partial charge in [0.1, 0.15) is 17.4 Å². The number of amides is 3. The average molecular weight is 647 g/mol. The van der Waals surface area contributed by atoms with Gasteiger partial charge in [-0.1, -0.05) is 35.0 Å². The molecule has 4 rings (SSSR count). The molecule has 9 nitrogen and oxygen atoms in total. The second-order valence-electron chi connectivity index (χ2n) is 12.2. The Kier molecular flexibility index (Phi) is 9.59. The van der Waals surface area contributed by atoms with E-state index in [1.54, 1.807) is 34.1 Å². The maximum Gasteiger partial charge on any atom is 0.249 e. The van der Waals surface area contributed by atoms with Gasteiger partial charge in [-0.05, 0) is 64.8 Å². The van der Waals surface area contributed by atoms with E-state index in [0.29, 0.717) is 30.9 Å².